The molecule has 3 aliphatic heterocycles. The molecule has 5 fully saturated rings. The van der Waals surface area contributed by atoms with E-state index in [1.54, 1.807) is 13.0 Å². The number of hydrogen-bond donors (Lipinski definition) is 7. The maximum Gasteiger partial charge on any atom is 0.331 e. The van der Waals surface area contributed by atoms with Gasteiger partial charge >= 0.3 is 5.97 Å². The monoisotopic (exact) mass is 680 g/mol. The Hall–Kier alpha value is -1.49. The molecule has 17 atom stereocenters. The van der Waals surface area contributed by atoms with Gasteiger partial charge in [-0.05, 0) is 87.0 Å². The Balaban J connectivity index is 1.01. The molecule has 1 unspecified atom stereocenters. The standard InChI is InChI=1S/C35H52O13/c1-16-30(48-32-28(41)26(39)25(38)23(14-36)47-32)27(40)29(42)31(45-16)46-19-6-9-33(2)18(13-19)4-5-22-21(33)7-10-34(3)20(8-11-35(22,34)43)17-12-24(37)44-15-17/h12-13,16,19-23,25-32,36,38-43H,4-11,14-15H2,1-3H3/t16-,19+,20-,21+,22-,23-,25-,26+,27+,28-,29?,30-,31+,32+,33+,34-,35+/m1/s1. The number of ether oxygens (including phenoxy) is 5. The average Bonchev–Trinajstić information content (AvgIpc) is 3.61. The number of fused-ring (bicyclic) bond motifs is 5. The van der Waals surface area contributed by atoms with Crippen molar-refractivity contribution >= 4 is 5.97 Å². The van der Waals surface area contributed by atoms with Crippen LogP contribution in [0.5, 0.6) is 0 Å². The SMILES string of the molecule is C[C@H]1O[C@@H](O[C@@H]2C=C3CC[C@@H]4[C@H](CC[C@]5(C)[C@@H](C6=CC(=O)OC6)CC[C@]45O)[C@@]3(C)CC2)C(O)[C@H](O)[C@@H]1O[C@@H]1O[C@H](CO)[C@@H](O)[C@H](O)[C@H]1O. The maximum absolute atomic E-state index is 12.5. The number of carbonyl (C=O) groups is 1. The molecular weight excluding hydrogens is 628 g/mol. The molecule has 0 aromatic carbocycles. The van der Waals surface area contributed by atoms with Gasteiger partial charge in [-0.15, -0.1) is 0 Å². The Morgan fingerprint density at radius 2 is 1.58 bits per heavy atom. The Labute approximate surface area is 280 Å². The van der Waals surface area contributed by atoms with Gasteiger partial charge in [0.05, 0.1) is 24.4 Å². The molecule has 0 bridgehead atoms. The second-order valence-electron chi connectivity index (χ2n) is 15.9. The maximum atomic E-state index is 12.5. The van der Waals surface area contributed by atoms with Crippen molar-refractivity contribution in [3.8, 4) is 0 Å². The van der Waals surface area contributed by atoms with Crippen molar-refractivity contribution in [2.24, 2.45) is 28.6 Å². The summed E-state index contributed by atoms with van der Waals surface area (Å²) in [6.45, 7) is 5.86. The number of allylic oxidation sites excluding steroid dienone is 1. The smallest absolute Gasteiger partial charge is 0.331 e. The fourth-order valence-electron chi connectivity index (χ4n) is 10.8. The number of carbonyl (C=O) groups excluding carboxylic acids is 1. The molecule has 2 saturated heterocycles. The zero-order valence-corrected chi connectivity index (χ0v) is 27.9. The number of rotatable bonds is 6. The van der Waals surface area contributed by atoms with Crippen LogP contribution in [0.4, 0.5) is 0 Å². The molecule has 7 N–H and O–H groups in total. The first-order valence-electron chi connectivity index (χ1n) is 17.7. The number of hydrogen-bond acceptors (Lipinski definition) is 13. The van der Waals surface area contributed by atoms with Crippen LogP contribution in [0, 0.1) is 28.6 Å². The van der Waals surface area contributed by atoms with Crippen LogP contribution in [-0.2, 0) is 28.5 Å². The number of aliphatic hydroxyl groups excluding tert-OH is 6. The molecule has 3 saturated carbocycles. The highest BCUT2D eigenvalue weighted by Crippen LogP contribution is 2.69. The molecule has 0 aromatic heterocycles. The fraction of sp³-hybridized carbons (Fsp3) is 0.857. The molecule has 0 spiro atoms. The molecule has 13 nitrogen and oxygen atoms in total. The third-order valence-electron chi connectivity index (χ3n) is 13.6. The summed E-state index contributed by atoms with van der Waals surface area (Å²) in [7, 11) is 0. The van der Waals surface area contributed by atoms with Crippen molar-refractivity contribution in [2.45, 2.75) is 145 Å². The van der Waals surface area contributed by atoms with Gasteiger partial charge < -0.3 is 59.4 Å². The van der Waals surface area contributed by atoms with Crippen LogP contribution in [0.1, 0.15) is 72.1 Å². The van der Waals surface area contributed by atoms with E-state index in [1.807, 2.05) is 0 Å². The average molecular weight is 681 g/mol. The molecule has 0 aromatic rings. The molecule has 7 rings (SSSR count). The van der Waals surface area contributed by atoms with Gasteiger partial charge in [-0.1, -0.05) is 25.5 Å². The highest BCUT2D eigenvalue weighted by atomic mass is 16.7. The number of aliphatic hydroxyl groups is 7. The van der Waals surface area contributed by atoms with E-state index in [0.717, 1.165) is 50.5 Å². The highest BCUT2D eigenvalue weighted by Gasteiger charge is 2.67. The summed E-state index contributed by atoms with van der Waals surface area (Å²) >= 11 is 0. The summed E-state index contributed by atoms with van der Waals surface area (Å²) in [5, 5.41) is 74.6. The quantitative estimate of drug-likeness (QED) is 0.148. The first kappa shape index (κ1) is 34.9. The van der Waals surface area contributed by atoms with Crippen molar-refractivity contribution in [1.82, 2.24) is 0 Å². The Morgan fingerprint density at radius 1 is 0.854 bits per heavy atom. The third kappa shape index (κ3) is 5.35. The van der Waals surface area contributed by atoms with Gasteiger partial charge in [0.25, 0.3) is 0 Å². The van der Waals surface area contributed by atoms with Crippen molar-refractivity contribution in [3.05, 3.63) is 23.3 Å². The lowest BCUT2D eigenvalue weighted by Gasteiger charge is -2.62. The van der Waals surface area contributed by atoms with Gasteiger partial charge in [-0.25, -0.2) is 4.79 Å². The molecule has 48 heavy (non-hydrogen) atoms. The summed E-state index contributed by atoms with van der Waals surface area (Å²) in [5.41, 5.74) is 1.10. The molecule has 3 heterocycles. The van der Waals surface area contributed by atoms with Gasteiger partial charge in [0.15, 0.2) is 12.6 Å². The van der Waals surface area contributed by atoms with Crippen LogP contribution in [0.15, 0.2) is 23.3 Å². The van der Waals surface area contributed by atoms with E-state index in [2.05, 4.69) is 19.9 Å². The van der Waals surface area contributed by atoms with Gasteiger partial charge in [0.1, 0.15) is 49.3 Å². The Bertz CT molecular complexity index is 1300. The van der Waals surface area contributed by atoms with Gasteiger partial charge in [0.2, 0.25) is 0 Å². The molecular formula is C35H52O13. The van der Waals surface area contributed by atoms with Crippen LogP contribution < -0.4 is 0 Å². The van der Waals surface area contributed by atoms with Crippen molar-refractivity contribution < 1.29 is 64.2 Å². The second kappa shape index (κ2) is 12.6. The molecule has 270 valence electrons. The van der Waals surface area contributed by atoms with Gasteiger partial charge in [0, 0.05) is 11.5 Å². The topological polar surface area (TPSA) is 205 Å². The van der Waals surface area contributed by atoms with E-state index in [4.69, 9.17) is 23.7 Å². The third-order valence-corrected chi connectivity index (χ3v) is 13.6. The van der Waals surface area contributed by atoms with Crippen LogP contribution >= 0.6 is 0 Å². The van der Waals surface area contributed by atoms with E-state index < -0.39 is 73.6 Å². The molecule has 4 aliphatic carbocycles. The highest BCUT2D eigenvalue weighted by molar-refractivity contribution is 5.85. The van der Waals surface area contributed by atoms with Gasteiger partial charge in [-0.3, -0.25) is 0 Å². The number of esters is 1. The largest absolute Gasteiger partial charge is 0.458 e. The first-order chi connectivity index (χ1) is 22.7. The van der Waals surface area contributed by atoms with Crippen LogP contribution in [0.2, 0.25) is 0 Å². The lowest BCUT2D eigenvalue weighted by atomic mass is 9.45. The van der Waals surface area contributed by atoms with Crippen LogP contribution in [0.3, 0.4) is 0 Å². The van der Waals surface area contributed by atoms with Crippen LogP contribution in [-0.4, -0.2) is 128 Å². The van der Waals surface area contributed by atoms with E-state index in [9.17, 15) is 40.5 Å². The minimum atomic E-state index is -1.66. The molecule has 7 aliphatic rings. The van der Waals surface area contributed by atoms with Crippen LogP contribution in [0.25, 0.3) is 0 Å². The summed E-state index contributed by atoms with van der Waals surface area (Å²) in [4.78, 5) is 11.9. The summed E-state index contributed by atoms with van der Waals surface area (Å²) in [6, 6.07) is 0. The van der Waals surface area contributed by atoms with E-state index >= 15 is 0 Å². The molecule has 0 radical (unpaired) electrons. The predicted molar refractivity (Wildman–Crippen MR) is 166 cm³/mol. The summed E-state index contributed by atoms with van der Waals surface area (Å²) < 4.78 is 28.7. The minimum absolute atomic E-state index is 0.104. The minimum Gasteiger partial charge on any atom is -0.458 e. The van der Waals surface area contributed by atoms with Gasteiger partial charge in [-0.2, -0.15) is 0 Å². The van der Waals surface area contributed by atoms with E-state index in [-0.39, 0.29) is 34.7 Å². The second-order valence-corrected chi connectivity index (χ2v) is 15.9. The number of cyclic esters (lactones) is 1. The first-order valence-corrected chi connectivity index (χ1v) is 17.7. The van der Waals surface area contributed by atoms with E-state index in [0.29, 0.717) is 18.9 Å². The zero-order valence-electron chi connectivity index (χ0n) is 27.9. The van der Waals surface area contributed by atoms with E-state index in [1.165, 1.54) is 5.57 Å². The summed E-state index contributed by atoms with van der Waals surface area (Å²) in [6.07, 6.45) is -3.55. The fourth-order valence-corrected chi connectivity index (χ4v) is 10.8. The molecule has 0 amide bonds. The lowest BCUT2D eigenvalue weighted by molar-refractivity contribution is -0.357. The van der Waals surface area contributed by atoms with Crippen molar-refractivity contribution in [1.29, 1.82) is 0 Å². The lowest BCUT2D eigenvalue weighted by Crippen LogP contribution is -2.64. The van der Waals surface area contributed by atoms with Crippen molar-refractivity contribution in [3.63, 3.8) is 0 Å². The summed E-state index contributed by atoms with van der Waals surface area (Å²) in [5.74, 6) is 0.322. The zero-order chi connectivity index (χ0) is 34.3. The Morgan fingerprint density at radius 3 is 2.29 bits per heavy atom. The normalized spacial score (nSPS) is 53.7. The van der Waals surface area contributed by atoms with Crippen molar-refractivity contribution in [2.75, 3.05) is 13.2 Å². The predicted octanol–water partition coefficient (Wildman–Crippen LogP) is 0.200. The molecule has 13 heteroatoms. The Kier molecular flexibility index (Phi) is 9.19.